The zero-order valence-electron chi connectivity index (χ0n) is 16.3. The van der Waals surface area contributed by atoms with Gasteiger partial charge in [0.25, 0.3) is 11.8 Å². The number of rotatable bonds is 6. The van der Waals surface area contributed by atoms with Gasteiger partial charge in [-0.2, -0.15) is 0 Å². The second-order valence-electron chi connectivity index (χ2n) is 6.77. The maximum atomic E-state index is 12.8. The topological polar surface area (TPSA) is 67.9 Å². The van der Waals surface area contributed by atoms with Crippen molar-refractivity contribution in [2.45, 2.75) is 26.4 Å². The summed E-state index contributed by atoms with van der Waals surface area (Å²) in [6.07, 6.45) is 0.957. The number of carbonyl (C=O) groups excluding carboxylic acids is 2. The summed E-state index contributed by atoms with van der Waals surface area (Å²) >= 11 is 0. The molecule has 6 heteroatoms. The molecule has 1 fully saturated rings. The number of carbonyl (C=O) groups is 2. The number of nitrogens with zero attached hydrogens (tertiary/aromatic N) is 1. The third-order valence-corrected chi connectivity index (χ3v) is 4.71. The van der Waals surface area contributed by atoms with Gasteiger partial charge in [-0.3, -0.25) is 9.59 Å². The van der Waals surface area contributed by atoms with Crippen molar-refractivity contribution in [3.05, 3.63) is 59.7 Å². The molecule has 1 aliphatic rings. The highest BCUT2D eigenvalue weighted by Gasteiger charge is 2.21. The Balaban J connectivity index is 1.76. The molecule has 0 aliphatic carbocycles. The Morgan fingerprint density at radius 1 is 1.14 bits per heavy atom. The number of morpholine rings is 1. The Kier molecular flexibility index (Phi) is 6.66. The van der Waals surface area contributed by atoms with Crippen LogP contribution in [0.3, 0.4) is 0 Å². The van der Waals surface area contributed by atoms with Gasteiger partial charge >= 0.3 is 0 Å². The molecule has 2 aromatic rings. The molecule has 1 unspecified atom stereocenters. The van der Waals surface area contributed by atoms with Crippen LogP contribution in [0.4, 0.5) is 5.69 Å². The predicted octanol–water partition coefficient (Wildman–Crippen LogP) is 3.59. The second-order valence-corrected chi connectivity index (χ2v) is 6.77. The molecule has 0 saturated carbocycles. The van der Waals surface area contributed by atoms with Crippen LogP contribution in [0, 0.1) is 0 Å². The first kappa shape index (κ1) is 19.9. The fourth-order valence-electron chi connectivity index (χ4n) is 2.94. The Bertz CT molecular complexity index is 831. The van der Waals surface area contributed by atoms with Crippen LogP contribution < -0.4 is 10.1 Å². The minimum Gasteiger partial charge on any atom is -0.491 e. The van der Waals surface area contributed by atoms with Crippen molar-refractivity contribution in [3.8, 4) is 5.75 Å². The maximum Gasteiger partial charge on any atom is 0.256 e. The average molecular weight is 382 g/mol. The van der Waals surface area contributed by atoms with Gasteiger partial charge in [0.1, 0.15) is 5.75 Å². The molecule has 2 aromatic carbocycles. The summed E-state index contributed by atoms with van der Waals surface area (Å²) in [6, 6.07) is 14.1. The minimum atomic E-state index is -0.281. The van der Waals surface area contributed by atoms with Crippen LogP contribution in [-0.2, 0) is 4.74 Å². The van der Waals surface area contributed by atoms with Gasteiger partial charge in [0.2, 0.25) is 0 Å². The first-order valence-electron chi connectivity index (χ1n) is 9.62. The smallest absolute Gasteiger partial charge is 0.256 e. The lowest BCUT2D eigenvalue weighted by molar-refractivity contribution is 0.0303. The van der Waals surface area contributed by atoms with Gasteiger partial charge in [-0.15, -0.1) is 0 Å². The molecule has 0 bridgehead atoms. The van der Waals surface area contributed by atoms with E-state index in [-0.39, 0.29) is 17.9 Å². The van der Waals surface area contributed by atoms with E-state index in [9.17, 15) is 9.59 Å². The van der Waals surface area contributed by atoms with Crippen molar-refractivity contribution >= 4 is 17.5 Å². The monoisotopic (exact) mass is 382 g/mol. The molecule has 0 radical (unpaired) electrons. The van der Waals surface area contributed by atoms with Crippen molar-refractivity contribution in [1.82, 2.24) is 4.90 Å². The van der Waals surface area contributed by atoms with Gasteiger partial charge in [-0.05, 0) is 43.7 Å². The molecule has 1 atom stereocenters. The molecule has 2 amide bonds. The van der Waals surface area contributed by atoms with Crippen molar-refractivity contribution in [2.24, 2.45) is 0 Å². The molecule has 6 nitrogen and oxygen atoms in total. The van der Waals surface area contributed by atoms with Gasteiger partial charge in [-0.25, -0.2) is 0 Å². The minimum absolute atomic E-state index is 0.0742. The van der Waals surface area contributed by atoms with Gasteiger partial charge < -0.3 is 19.7 Å². The van der Waals surface area contributed by atoms with E-state index >= 15 is 0 Å². The van der Waals surface area contributed by atoms with Crippen molar-refractivity contribution in [1.29, 1.82) is 0 Å². The number of anilines is 1. The molecular formula is C22H26N2O4. The van der Waals surface area contributed by atoms with Gasteiger partial charge in [0.05, 0.1) is 30.6 Å². The first-order chi connectivity index (χ1) is 13.6. The van der Waals surface area contributed by atoms with Crippen molar-refractivity contribution in [3.63, 3.8) is 0 Å². The predicted molar refractivity (Wildman–Crippen MR) is 108 cm³/mol. The molecule has 1 aliphatic heterocycles. The molecule has 1 heterocycles. The van der Waals surface area contributed by atoms with Crippen LogP contribution in [-0.4, -0.2) is 49.1 Å². The fourth-order valence-corrected chi connectivity index (χ4v) is 2.94. The van der Waals surface area contributed by atoms with Crippen LogP contribution >= 0.6 is 0 Å². The van der Waals surface area contributed by atoms with E-state index in [0.717, 1.165) is 6.42 Å². The summed E-state index contributed by atoms with van der Waals surface area (Å²) in [5.41, 5.74) is 1.46. The van der Waals surface area contributed by atoms with E-state index in [2.05, 4.69) is 5.32 Å². The number of nitrogens with one attached hydrogen (secondary N) is 1. The number of hydrogen-bond donors (Lipinski definition) is 1. The number of benzene rings is 2. The third kappa shape index (κ3) is 4.89. The van der Waals surface area contributed by atoms with Crippen LogP contribution in [0.25, 0.3) is 0 Å². The lowest BCUT2D eigenvalue weighted by atomic mass is 10.1. The standard InChI is InChI=1S/C22H26N2O4/c1-3-16(2)28-18-8-6-7-17(15-18)21(25)23-20-10-5-4-9-19(20)22(26)24-11-13-27-14-12-24/h4-10,15-16H,3,11-14H2,1-2H3,(H,23,25). The highest BCUT2D eigenvalue weighted by molar-refractivity contribution is 6.09. The van der Waals surface area contributed by atoms with Gasteiger partial charge in [0.15, 0.2) is 0 Å². The van der Waals surface area contributed by atoms with E-state index in [1.54, 1.807) is 47.4 Å². The molecule has 0 aromatic heterocycles. The Morgan fingerprint density at radius 3 is 2.64 bits per heavy atom. The molecule has 1 saturated heterocycles. The average Bonchev–Trinajstić information content (AvgIpc) is 2.74. The number of para-hydroxylation sites is 1. The van der Waals surface area contributed by atoms with Crippen molar-refractivity contribution < 1.29 is 19.1 Å². The summed E-state index contributed by atoms with van der Waals surface area (Å²) in [7, 11) is 0. The zero-order chi connectivity index (χ0) is 19.9. The van der Waals surface area contributed by atoms with E-state index in [1.165, 1.54) is 0 Å². The SMILES string of the molecule is CCC(C)Oc1cccc(C(=O)Nc2ccccc2C(=O)N2CCOCC2)c1. The molecule has 28 heavy (non-hydrogen) atoms. The zero-order valence-corrected chi connectivity index (χ0v) is 16.3. The highest BCUT2D eigenvalue weighted by atomic mass is 16.5. The summed E-state index contributed by atoms with van der Waals surface area (Å²) in [5, 5.41) is 2.87. The number of amides is 2. The van der Waals surface area contributed by atoms with E-state index in [1.807, 2.05) is 19.9 Å². The lowest BCUT2D eigenvalue weighted by Gasteiger charge is -2.27. The highest BCUT2D eigenvalue weighted by Crippen LogP contribution is 2.21. The number of hydrogen-bond acceptors (Lipinski definition) is 4. The quantitative estimate of drug-likeness (QED) is 0.829. The Labute approximate surface area is 165 Å². The number of ether oxygens (including phenoxy) is 2. The van der Waals surface area contributed by atoms with Gasteiger partial charge in [-0.1, -0.05) is 25.1 Å². The molecular weight excluding hydrogens is 356 g/mol. The Hall–Kier alpha value is -2.86. The summed E-state index contributed by atoms with van der Waals surface area (Å²) in [4.78, 5) is 27.4. The van der Waals surface area contributed by atoms with Gasteiger partial charge in [0, 0.05) is 18.7 Å². The Morgan fingerprint density at radius 2 is 1.89 bits per heavy atom. The van der Waals surface area contributed by atoms with Crippen molar-refractivity contribution in [2.75, 3.05) is 31.6 Å². The maximum absolute atomic E-state index is 12.8. The summed E-state index contributed by atoms with van der Waals surface area (Å²) in [5.74, 6) is 0.268. The molecule has 1 N–H and O–H groups in total. The van der Waals surface area contributed by atoms with E-state index in [0.29, 0.717) is 48.9 Å². The molecule has 148 valence electrons. The van der Waals surface area contributed by atoms with E-state index < -0.39 is 0 Å². The van der Waals surface area contributed by atoms with E-state index in [4.69, 9.17) is 9.47 Å². The largest absolute Gasteiger partial charge is 0.491 e. The van der Waals surface area contributed by atoms with Crippen LogP contribution in [0.5, 0.6) is 5.75 Å². The van der Waals surface area contributed by atoms with Crippen LogP contribution in [0.1, 0.15) is 41.0 Å². The normalized spacial score (nSPS) is 15.0. The lowest BCUT2D eigenvalue weighted by Crippen LogP contribution is -2.41. The molecule has 3 rings (SSSR count). The third-order valence-electron chi connectivity index (χ3n) is 4.71. The van der Waals surface area contributed by atoms with Crippen LogP contribution in [0.15, 0.2) is 48.5 Å². The second kappa shape index (κ2) is 9.37. The fraction of sp³-hybridized carbons (Fsp3) is 0.364. The van der Waals surface area contributed by atoms with Crippen LogP contribution in [0.2, 0.25) is 0 Å². The molecule has 0 spiro atoms. The summed E-state index contributed by atoms with van der Waals surface area (Å²) in [6.45, 7) is 6.20. The first-order valence-corrected chi connectivity index (χ1v) is 9.62. The summed E-state index contributed by atoms with van der Waals surface area (Å²) < 4.78 is 11.1.